The summed E-state index contributed by atoms with van der Waals surface area (Å²) in [5.74, 6) is 1.28. The predicted octanol–water partition coefficient (Wildman–Crippen LogP) is 2.12. The topological polar surface area (TPSA) is 73.1 Å². The number of carbonyl (C=O) groups excluding carboxylic acids is 1. The first-order chi connectivity index (χ1) is 12.1. The second kappa shape index (κ2) is 7.57. The molecule has 2 heterocycles. The predicted molar refractivity (Wildman–Crippen MR) is 92.8 cm³/mol. The highest BCUT2D eigenvalue weighted by Crippen LogP contribution is 2.16. The van der Waals surface area contributed by atoms with Crippen molar-refractivity contribution in [3.63, 3.8) is 0 Å². The average molecular weight is 337 g/mol. The van der Waals surface area contributed by atoms with Crippen LogP contribution in [0.15, 0.2) is 55.2 Å². The number of aryl methyl sites for hydroxylation is 1. The lowest BCUT2D eigenvalue weighted by Gasteiger charge is -2.18. The van der Waals surface area contributed by atoms with Gasteiger partial charge in [-0.05, 0) is 30.7 Å². The van der Waals surface area contributed by atoms with E-state index in [4.69, 9.17) is 4.74 Å². The van der Waals surface area contributed by atoms with Gasteiger partial charge in [-0.25, -0.2) is 14.6 Å². The Bertz CT molecular complexity index is 848. The number of para-hydroxylation sites is 1. The molecule has 0 atom stereocenters. The smallest absolute Gasteiger partial charge is 0.253 e. The van der Waals surface area contributed by atoms with E-state index in [-0.39, 0.29) is 5.91 Å². The Kier molecular flexibility index (Phi) is 5.03. The SMILES string of the molecule is Cc1ccccc1OCCN(C)C(=O)c1ccnc(-n2cncn2)c1. The van der Waals surface area contributed by atoms with Gasteiger partial charge in [0.25, 0.3) is 5.91 Å². The lowest BCUT2D eigenvalue weighted by atomic mass is 10.2. The van der Waals surface area contributed by atoms with Crippen LogP contribution < -0.4 is 4.74 Å². The Morgan fingerprint density at radius 3 is 2.88 bits per heavy atom. The largest absolute Gasteiger partial charge is 0.491 e. The van der Waals surface area contributed by atoms with E-state index < -0.39 is 0 Å². The van der Waals surface area contributed by atoms with E-state index in [2.05, 4.69) is 15.1 Å². The Balaban J connectivity index is 1.61. The molecule has 0 bridgehead atoms. The number of amides is 1. The zero-order valence-electron chi connectivity index (χ0n) is 14.2. The summed E-state index contributed by atoms with van der Waals surface area (Å²) in [5.41, 5.74) is 1.61. The Morgan fingerprint density at radius 2 is 2.12 bits per heavy atom. The van der Waals surface area contributed by atoms with Crippen molar-refractivity contribution in [1.29, 1.82) is 0 Å². The number of likely N-dealkylation sites (N-methyl/N-ethyl adjacent to an activating group) is 1. The molecule has 0 saturated heterocycles. The molecule has 0 fully saturated rings. The zero-order chi connectivity index (χ0) is 17.6. The van der Waals surface area contributed by atoms with Crippen LogP contribution in [0.25, 0.3) is 5.82 Å². The van der Waals surface area contributed by atoms with Crippen LogP contribution in [0, 0.1) is 6.92 Å². The fourth-order valence-electron chi connectivity index (χ4n) is 2.34. The van der Waals surface area contributed by atoms with Crippen LogP contribution >= 0.6 is 0 Å². The quantitative estimate of drug-likeness (QED) is 0.689. The van der Waals surface area contributed by atoms with E-state index in [1.54, 1.807) is 30.3 Å². The average Bonchev–Trinajstić information content (AvgIpc) is 3.17. The number of benzene rings is 1. The molecule has 1 amide bonds. The first kappa shape index (κ1) is 16.6. The second-order valence-electron chi connectivity index (χ2n) is 5.58. The highest BCUT2D eigenvalue weighted by atomic mass is 16.5. The summed E-state index contributed by atoms with van der Waals surface area (Å²) in [6.07, 6.45) is 4.55. The van der Waals surface area contributed by atoms with E-state index >= 15 is 0 Å². The molecule has 25 heavy (non-hydrogen) atoms. The first-order valence-corrected chi connectivity index (χ1v) is 7.90. The van der Waals surface area contributed by atoms with E-state index in [1.807, 2.05) is 31.2 Å². The molecular weight excluding hydrogens is 318 g/mol. The molecule has 0 radical (unpaired) electrons. The number of hydrogen-bond donors (Lipinski definition) is 0. The van der Waals surface area contributed by atoms with Crippen molar-refractivity contribution < 1.29 is 9.53 Å². The van der Waals surface area contributed by atoms with Gasteiger partial charge in [-0.15, -0.1) is 0 Å². The standard InChI is InChI=1S/C18H19N5O2/c1-14-5-3-4-6-16(14)25-10-9-22(2)18(24)15-7-8-20-17(11-15)23-13-19-12-21-23/h3-8,11-13H,9-10H2,1-2H3. The molecule has 3 rings (SSSR count). The Labute approximate surface area is 145 Å². The van der Waals surface area contributed by atoms with Gasteiger partial charge in [-0.2, -0.15) is 5.10 Å². The van der Waals surface area contributed by atoms with Crippen molar-refractivity contribution in [3.05, 3.63) is 66.4 Å². The highest BCUT2D eigenvalue weighted by Gasteiger charge is 2.13. The fraction of sp³-hybridized carbons (Fsp3) is 0.222. The minimum absolute atomic E-state index is 0.0999. The monoisotopic (exact) mass is 337 g/mol. The molecule has 2 aromatic heterocycles. The van der Waals surface area contributed by atoms with Gasteiger partial charge in [-0.3, -0.25) is 4.79 Å². The lowest BCUT2D eigenvalue weighted by Crippen LogP contribution is -2.31. The Hall–Kier alpha value is -3.22. The minimum atomic E-state index is -0.0999. The van der Waals surface area contributed by atoms with E-state index in [0.717, 1.165) is 11.3 Å². The lowest BCUT2D eigenvalue weighted by molar-refractivity contribution is 0.0773. The summed E-state index contributed by atoms with van der Waals surface area (Å²) < 4.78 is 7.26. The molecule has 7 heteroatoms. The summed E-state index contributed by atoms with van der Waals surface area (Å²) in [6, 6.07) is 11.2. The van der Waals surface area contributed by atoms with E-state index in [0.29, 0.717) is 24.5 Å². The second-order valence-corrected chi connectivity index (χ2v) is 5.58. The highest BCUT2D eigenvalue weighted by molar-refractivity contribution is 5.94. The molecule has 0 aliphatic rings. The van der Waals surface area contributed by atoms with Gasteiger partial charge >= 0.3 is 0 Å². The molecule has 1 aromatic carbocycles. The summed E-state index contributed by atoms with van der Waals surface area (Å²) >= 11 is 0. The van der Waals surface area contributed by atoms with Gasteiger partial charge in [0.1, 0.15) is 25.0 Å². The fourth-order valence-corrected chi connectivity index (χ4v) is 2.34. The number of nitrogens with zero attached hydrogens (tertiary/aromatic N) is 5. The van der Waals surface area contributed by atoms with Gasteiger partial charge in [0.2, 0.25) is 0 Å². The molecule has 0 N–H and O–H groups in total. The molecule has 0 unspecified atom stereocenters. The van der Waals surface area contributed by atoms with Crippen LogP contribution in [0.3, 0.4) is 0 Å². The molecule has 3 aromatic rings. The molecule has 0 aliphatic heterocycles. The molecule has 0 aliphatic carbocycles. The third-order valence-electron chi connectivity index (χ3n) is 3.77. The number of pyridine rings is 1. The number of hydrogen-bond acceptors (Lipinski definition) is 5. The summed E-state index contributed by atoms with van der Waals surface area (Å²) in [6.45, 7) is 2.90. The van der Waals surface area contributed by atoms with Crippen molar-refractivity contribution in [2.45, 2.75) is 6.92 Å². The first-order valence-electron chi connectivity index (χ1n) is 7.90. The third-order valence-corrected chi connectivity index (χ3v) is 3.77. The molecule has 0 spiro atoms. The van der Waals surface area contributed by atoms with Crippen LogP contribution in [0.5, 0.6) is 5.75 Å². The third kappa shape index (κ3) is 4.00. The molecular formula is C18H19N5O2. The number of aromatic nitrogens is 4. The summed E-state index contributed by atoms with van der Waals surface area (Å²) in [4.78, 5) is 22.3. The van der Waals surface area contributed by atoms with Gasteiger partial charge in [0, 0.05) is 18.8 Å². The van der Waals surface area contributed by atoms with Gasteiger partial charge in [0.15, 0.2) is 5.82 Å². The minimum Gasteiger partial charge on any atom is -0.491 e. The maximum absolute atomic E-state index is 12.6. The number of ether oxygens (including phenoxy) is 1. The molecule has 0 saturated carbocycles. The molecule has 7 nitrogen and oxygen atoms in total. The van der Waals surface area contributed by atoms with Gasteiger partial charge < -0.3 is 9.64 Å². The van der Waals surface area contributed by atoms with Gasteiger partial charge in [-0.1, -0.05) is 18.2 Å². The summed E-state index contributed by atoms with van der Waals surface area (Å²) in [7, 11) is 1.75. The van der Waals surface area contributed by atoms with E-state index in [9.17, 15) is 4.79 Å². The van der Waals surface area contributed by atoms with Crippen molar-refractivity contribution in [2.75, 3.05) is 20.2 Å². The van der Waals surface area contributed by atoms with Crippen LogP contribution in [0.4, 0.5) is 0 Å². The van der Waals surface area contributed by atoms with Crippen molar-refractivity contribution in [2.24, 2.45) is 0 Å². The van der Waals surface area contributed by atoms with Crippen LogP contribution in [-0.4, -0.2) is 50.8 Å². The van der Waals surface area contributed by atoms with Crippen LogP contribution in [0.1, 0.15) is 15.9 Å². The number of carbonyl (C=O) groups is 1. The maximum Gasteiger partial charge on any atom is 0.253 e. The summed E-state index contributed by atoms with van der Waals surface area (Å²) in [5, 5.41) is 4.02. The maximum atomic E-state index is 12.6. The van der Waals surface area contributed by atoms with Crippen LogP contribution in [0.2, 0.25) is 0 Å². The normalized spacial score (nSPS) is 10.5. The Morgan fingerprint density at radius 1 is 1.28 bits per heavy atom. The van der Waals surface area contributed by atoms with Crippen molar-refractivity contribution in [3.8, 4) is 11.6 Å². The van der Waals surface area contributed by atoms with Gasteiger partial charge in [0.05, 0.1) is 6.54 Å². The zero-order valence-corrected chi connectivity index (χ0v) is 14.2. The van der Waals surface area contributed by atoms with Crippen molar-refractivity contribution in [1.82, 2.24) is 24.6 Å². The van der Waals surface area contributed by atoms with Crippen molar-refractivity contribution >= 4 is 5.91 Å². The number of rotatable bonds is 6. The van der Waals surface area contributed by atoms with E-state index in [1.165, 1.54) is 17.3 Å². The molecule has 128 valence electrons. The van der Waals surface area contributed by atoms with Crippen LogP contribution in [-0.2, 0) is 0 Å².